The van der Waals surface area contributed by atoms with E-state index in [1.807, 2.05) is 35.2 Å². The molecule has 0 bridgehead atoms. The van der Waals surface area contributed by atoms with E-state index in [1.54, 1.807) is 7.05 Å². The van der Waals surface area contributed by atoms with Crippen molar-refractivity contribution in [2.75, 3.05) is 13.6 Å². The number of likely N-dealkylation sites (N-methyl/N-ethyl adjacent to an activating group) is 1. The van der Waals surface area contributed by atoms with Crippen LogP contribution in [0.1, 0.15) is 12.5 Å². The van der Waals surface area contributed by atoms with Crippen molar-refractivity contribution in [3.05, 3.63) is 46.3 Å². The molecule has 1 saturated heterocycles. The monoisotopic (exact) mass is 317 g/mol. The zero-order chi connectivity index (χ0) is 16.8. The highest BCUT2D eigenvalue weighted by atomic mass is 16.6. The predicted octanol–water partition coefficient (Wildman–Crippen LogP) is 1.23. The van der Waals surface area contributed by atoms with Crippen LogP contribution in [0.5, 0.6) is 0 Å². The fraction of sp³-hybridized carbons (Fsp3) is 0.467. The SMILES string of the molecule is CC(=O)N[C@H]1[C@@H](CN=[N+]=[N-])OC(=O)[C@@H]1N(C)Cc1ccccc1. The summed E-state index contributed by atoms with van der Waals surface area (Å²) in [5.41, 5.74) is 9.49. The van der Waals surface area contributed by atoms with Crippen molar-refractivity contribution in [3.8, 4) is 0 Å². The summed E-state index contributed by atoms with van der Waals surface area (Å²) in [6.45, 7) is 1.90. The quantitative estimate of drug-likeness (QED) is 0.368. The van der Waals surface area contributed by atoms with Crippen molar-refractivity contribution in [1.29, 1.82) is 0 Å². The molecule has 3 atom stereocenters. The number of cyclic esters (lactones) is 1. The van der Waals surface area contributed by atoms with Gasteiger partial charge in [-0.2, -0.15) is 0 Å². The summed E-state index contributed by atoms with van der Waals surface area (Å²) in [6.07, 6.45) is -0.662. The topological polar surface area (TPSA) is 107 Å². The van der Waals surface area contributed by atoms with Crippen LogP contribution < -0.4 is 5.32 Å². The van der Waals surface area contributed by atoms with Gasteiger partial charge < -0.3 is 10.1 Å². The largest absolute Gasteiger partial charge is 0.459 e. The fourth-order valence-corrected chi connectivity index (χ4v) is 2.74. The Balaban J connectivity index is 2.17. The fourth-order valence-electron chi connectivity index (χ4n) is 2.74. The van der Waals surface area contributed by atoms with Crippen LogP contribution in [0.25, 0.3) is 10.4 Å². The molecule has 0 unspecified atom stereocenters. The third-order valence-electron chi connectivity index (χ3n) is 3.69. The maximum absolute atomic E-state index is 12.2. The van der Waals surface area contributed by atoms with Crippen LogP contribution in [0, 0.1) is 0 Å². The maximum Gasteiger partial charge on any atom is 0.326 e. The lowest BCUT2D eigenvalue weighted by atomic mass is 10.0. The maximum atomic E-state index is 12.2. The summed E-state index contributed by atoms with van der Waals surface area (Å²) in [7, 11) is 1.80. The molecule has 1 aliphatic rings. The first-order valence-electron chi connectivity index (χ1n) is 7.25. The van der Waals surface area contributed by atoms with Gasteiger partial charge in [-0.05, 0) is 18.1 Å². The first-order chi connectivity index (χ1) is 11.0. The number of ether oxygens (including phenoxy) is 1. The van der Waals surface area contributed by atoms with E-state index in [1.165, 1.54) is 6.92 Å². The van der Waals surface area contributed by atoms with Crippen LogP contribution in [0.15, 0.2) is 35.4 Å². The number of hydrogen-bond donors (Lipinski definition) is 1. The Hall–Kier alpha value is -2.57. The number of amides is 1. The molecular weight excluding hydrogens is 298 g/mol. The summed E-state index contributed by atoms with van der Waals surface area (Å²) in [4.78, 5) is 28.2. The van der Waals surface area contributed by atoms with Crippen LogP contribution in [-0.2, 0) is 20.9 Å². The van der Waals surface area contributed by atoms with Gasteiger partial charge in [-0.15, -0.1) is 0 Å². The lowest BCUT2D eigenvalue weighted by molar-refractivity contribution is -0.144. The van der Waals surface area contributed by atoms with Gasteiger partial charge in [0, 0.05) is 18.4 Å². The van der Waals surface area contributed by atoms with E-state index in [4.69, 9.17) is 10.3 Å². The van der Waals surface area contributed by atoms with Gasteiger partial charge in [-0.1, -0.05) is 35.4 Å². The Morgan fingerprint density at radius 1 is 1.43 bits per heavy atom. The van der Waals surface area contributed by atoms with E-state index in [-0.39, 0.29) is 12.5 Å². The predicted molar refractivity (Wildman–Crippen MR) is 83.2 cm³/mol. The number of nitrogens with zero attached hydrogens (tertiary/aromatic N) is 4. The zero-order valence-corrected chi connectivity index (χ0v) is 13.0. The first kappa shape index (κ1) is 16.8. The molecule has 0 spiro atoms. The van der Waals surface area contributed by atoms with Gasteiger partial charge in [0.15, 0.2) is 0 Å². The van der Waals surface area contributed by atoms with Crippen LogP contribution >= 0.6 is 0 Å². The first-order valence-corrected chi connectivity index (χ1v) is 7.25. The molecule has 0 aliphatic carbocycles. The highest BCUT2D eigenvalue weighted by molar-refractivity contribution is 5.82. The number of nitrogens with one attached hydrogen (secondary N) is 1. The third-order valence-corrected chi connectivity index (χ3v) is 3.69. The molecule has 0 saturated carbocycles. The summed E-state index contributed by atoms with van der Waals surface area (Å²) in [5, 5.41) is 6.20. The molecule has 0 aromatic heterocycles. The standard InChI is InChI=1S/C15H19N5O3/c1-10(21)18-13-12(8-17-19-16)23-15(22)14(13)20(2)9-11-6-4-3-5-7-11/h3-7,12-14H,8-9H2,1-2H3,(H,18,21)/t12-,13+,14-/m1/s1. The number of carbonyl (C=O) groups is 2. The average molecular weight is 317 g/mol. The minimum Gasteiger partial charge on any atom is -0.459 e. The second kappa shape index (κ2) is 7.62. The van der Waals surface area contributed by atoms with Crippen molar-refractivity contribution in [2.45, 2.75) is 31.7 Å². The number of azide groups is 1. The number of benzene rings is 1. The van der Waals surface area contributed by atoms with Gasteiger partial charge in [-0.25, -0.2) is 0 Å². The van der Waals surface area contributed by atoms with E-state index >= 15 is 0 Å². The molecule has 1 heterocycles. The van der Waals surface area contributed by atoms with Gasteiger partial charge in [0.05, 0.1) is 12.6 Å². The molecule has 1 aliphatic heterocycles. The van der Waals surface area contributed by atoms with E-state index in [0.717, 1.165) is 5.56 Å². The smallest absolute Gasteiger partial charge is 0.326 e. The Morgan fingerprint density at radius 2 is 2.13 bits per heavy atom. The molecule has 0 radical (unpaired) electrons. The van der Waals surface area contributed by atoms with E-state index in [0.29, 0.717) is 6.54 Å². The zero-order valence-electron chi connectivity index (χ0n) is 13.0. The van der Waals surface area contributed by atoms with E-state index in [9.17, 15) is 9.59 Å². The molecule has 2 rings (SSSR count). The van der Waals surface area contributed by atoms with Gasteiger partial charge >= 0.3 is 5.97 Å². The molecule has 1 fully saturated rings. The average Bonchev–Trinajstić information content (AvgIpc) is 2.81. The van der Waals surface area contributed by atoms with Crippen LogP contribution in [-0.4, -0.2) is 48.6 Å². The summed E-state index contributed by atoms with van der Waals surface area (Å²) < 4.78 is 5.29. The highest BCUT2D eigenvalue weighted by Crippen LogP contribution is 2.22. The Morgan fingerprint density at radius 3 is 2.74 bits per heavy atom. The number of esters is 1. The molecule has 1 N–H and O–H groups in total. The van der Waals surface area contributed by atoms with Gasteiger partial charge in [0.1, 0.15) is 12.1 Å². The lowest BCUT2D eigenvalue weighted by Crippen LogP contribution is -2.53. The second-order valence-corrected chi connectivity index (χ2v) is 5.46. The molecule has 1 amide bonds. The van der Waals surface area contributed by atoms with Crippen LogP contribution in [0.4, 0.5) is 0 Å². The van der Waals surface area contributed by atoms with Crippen LogP contribution in [0.2, 0.25) is 0 Å². The van der Waals surface area contributed by atoms with Crippen molar-refractivity contribution in [2.24, 2.45) is 5.11 Å². The van der Waals surface area contributed by atoms with Gasteiger partial charge in [0.2, 0.25) is 5.91 Å². The highest BCUT2D eigenvalue weighted by Gasteiger charge is 2.46. The number of hydrogen-bond acceptors (Lipinski definition) is 5. The van der Waals surface area contributed by atoms with Crippen LogP contribution in [0.3, 0.4) is 0 Å². The van der Waals surface area contributed by atoms with Gasteiger partial charge in [-0.3, -0.25) is 14.5 Å². The van der Waals surface area contributed by atoms with E-state index < -0.39 is 24.2 Å². The molecule has 122 valence electrons. The minimum absolute atomic E-state index is 0.0110. The van der Waals surface area contributed by atoms with Crippen molar-refractivity contribution < 1.29 is 14.3 Å². The summed E-state index contributed by atoms with van der Waals surface area (Å²) in [5.74, 6) is -0.697. The van der Waals surface area contributed by atoms with Crippen molar-refractivity contribution >= 4 is 11.9 Å². The summed E-state index contributed by atoms with van der Waals surface area (Å²) >= 11 is 0. The molecule has 1 aromatic carbocycles. The number of carbonyl (C=O) groups excluding carboxylic acids is 2. The number of rotatable bonds is 6. The third kappa shape index (κ3) is 4.21. The van der Waals surface area contributed by atoms with Gasteiger partial charge in [0.25, 0.3) is 0 Å². The minimum atomic E-state index is -0.662. The Bertz CT molecular complexity index is 615. The summed E-state index contributed by atoms with van der Waals surface area (Å²) in [6, 6.07) is 8.50. The molecule has 23 heavy (non-hydrogen) atoms. The molecular formula is C15H19N5O3. The Labute approximate surface area is 134 Å². The molecule has 8 nitrogen and oxygen atoms in total. The Kier molecular flexibility index (Phi) is 5.56. The second-order valence-electron chi connectivity index (χ2n) is 5.46. The molecule has 8 heteroatoms. The van der Waals surface area contributed by atoms with Crippen molar-refractivity contribution in [3.63, 3.8) is 0 Å². The van der Waals surface area contributed by atoms with E-state index in [2.05, 4.69) is 15.3 Å². The lowest BCUT2D eigenvalue weighted by Gasteiger charge is -2.27. The van der Waals surface area contributed by atoms with Crippen molar-refractivity contribution in [1.82, 2.24) is 10.2 Å². The molecule has 1 aromatic rings. The normalized spacial score (nSPS) is 23.3.